The maximum atomic E-state index is 14.7. The smallest absolute Gasteiger partial charge is 0.251 e. The summed E-state index contributed by atoms with van der Waals surface area (Å²) >= 11 is 1.71. The van der Waals surface area contributed by atoms with Crippen LogP contribution in [0.4, 0.5) is 11.4 Å². The number of hydrogen-bond acceptors (Lipinski definition) is 6. The monoisotopic (exact) mass is 596 g/mol. The van der Waals surface area contributed by atoms with Crippen molar-refractivity contribution in [1.82, 2.24) is 9.80 Å². The van der Waals surface area contributed by atoms with Crippen LogP contribution in [0, 0.1) is 11.8 Å². The lowest BCUT2D eigenvalue weighted by atomic mass is 9.70. The molecule has 42 heavy (non-hydrogen) atoms. The minimum atomic E-state index is -0.646. The first-order valence-electron chi connectivity index (χ1n) is 15.5. The van der Waals surface area contributed by atoms with Crippen LogP contribution >= 0.6 is 11.8 Å². The van der Waals surface area contributed by atoms with E-state index >= 15 is 0 Å². The Bertz CT molecular complexity index is 1140. The van der Waals surface area contributed by atoms with Gasteiger partial charge < -0.3 is 24.7 Å². The number of rotatable bonds is 16. The lowest BCUT2D eigenvalue weighted by Crippen LogP contribution is -2.55. The maximum absolute atomic E-state index is 14.7. The Morgan fingerprint density at radius 1 is 1.02 bits per heavy atom. The molecule has 8 nitrogen and oxygen atoms in total. The molecular formula is C33H48N4O4S. The van der Waals surface area contributed by atoms with E-state index in [-0.39, 0.29) is 29.6 Å². The van der Waals surface area contributed by atoms with Crippen molar-refractivity contribution in [2.75, 3.05) is 56.2 Å². The number of hydrogen-bond donors (Lipinski definition) is 1. The first kappa shape index (κ1) is 32.1. The fourth-order valence-electron chi connectivity index (χ4n) is 7.27. The van der Waals surface area contributed by atoms with Crippen LogP contribution in [-0.4, -0.2) is 95.0 Å². The van der Waals surface area contributed by atoms with Crippen molar-refractivity contribution in [3.8, 4) is 0 Å². The van der Waals surface area contributed by atoms with E-state index in [2.05, 4.69) is 31.9 Å². The molecule has 9 heteroatoms. The quantitative estimate of drug-likeness (QED) is 0.226. The van der Waals surface area contributed by atoms with Crippen molar-refractivity contribution in [3.63, 3.8) is 0 Å². The summed E-state index contributed by atoms with van der Waals surface area (Å²) in [7, 11) is 1.77. The molecule has 3 saturated heterocycles. The van der Waals surface area contributed by atoms with Crippen LogP contribution in [0.15, 0.2) is 49.6 Å². The van der Waals surface area contributed by atoms with Crippen molar-refractivity contribution in [2.45, 2.75) is 68.4 Å². The summed E-state index contributed by atoms with van der Waals surface area (Å²) in [6.45, 7) is 15.1. The molecule has 0 aromatic heterocycles. The van der Waals surface area contributed by atoms with E-state index in [1.807, 2.05) is 24.3 Å². The van der Waals surface area contributed by atoms with Crippen molar-refractivity contribution in [3.05, 3.63) is 49.6 Å². The van der Waals surface area contributed by atoms with Crippen LogP contribution in [0.5, 0.6) is 0 Å². The Hall–Kier alpha value is -2.78. The number of aliphatic hydroxyl groups is 1. The first-order chi connectivity index (χ1) is 20.3. The average molecular weight is 597 g/mol. The van der Waals surface area contributed by atoms with Gasteiger partial charge in [0.25, 0.3) is 5.91 Å². The molecule has 1 N–H and O–H groups in total. The number of fused-ring (bicyclic) bond motifs is 1. The van der Waals surface area contributed by atoms with Gasteiger partial charge in [0, 0.05) is 63.0 Å². The van der Waals surface area contributed by atoms with Crippen LogP contribution in [-0.2, 0) is 14.4 Å². The van der Waals surface area contributed by atoms with E-state index in [4.69, 9.17) is 0 Å². The molecule has 1 spiro atoms. The van der Waals surface area contributed by atoms with Crippen molar-refractivity contribution >= 4 is 40.9 Å². The summed E-state index contributed by atoms with van der Waals surface area (Å²) in [5.74, 6) is -1.14. The van der Waals surface area contributed by atoms with Crippen molar-refractivity contribution in [2.24, 2.45) is 11.8 Å². The van der Waals surface area contributed by atoms with Gasteiger partial charge in [0.15, 0.2) is 0 Å². The minimum Gasteiger partial charge on any atom is -0.396 e. The molecule has 5 atom stereocenters. The first-order valence-corrected chi connectivity index (χ1v) is 16.4. The van der Waals surface area contributed by atoms with Crippen LogP contribution in [0.1, 0.15) is 52.4 Å². The molecule has 0 saturated carbocycles. The second-order valence-corrected chi connectivity index (χ2v) is 13.3. The number of likely N-dealkylation sites (tertiary alicyclic amines) is 1. The van der Waals surface area contributed by atoms with Crippen LogP contribution in [0.25, 0.3) is 0 Å². The Kier molecular flexibility index (Phi) is 10.8. The Morgan fingerprint density at radius 3 is 2.29 bits per heavy atom. The predicted octanol–water partition coefficient (Wildman–Crippen LogP) is 4.34. The molecule has 2 unspecified atom stereocenters. The summed E-state index contributed by atoms with van der Waals surface area (Å²) in [6, 6.07) is 7.41. The maximum Gasteiger partial charge on any atom is 0.251 e. The fraction of sp³-hybridized carbons (Fsp3) is 0.606. The lowest BCUT2D eigenvalue weighted by molar-refractivity contribution is -0.143. The zero-order valence-corrected chi connectivity index (χ0v) is 26.4. The molecular weight excluding hydrogens is 548 g/mol. The van der Waals surface area contributed by atoms with Gasteiger partial charge in [-0.05, 0) is 63.8 Å². The van der Waals surface area contributed by atoms with Gasteiger partial charge in [-0.15, -0.1) is 24.9 Å². The van der Waals surface area contributed by atoms with Gasteiger partial charge in [0.1, 0.15) is 6.04 Å². The molecule has 4 rings (SSSR count). The number of likely N-dealkylation sites (N-methyl/N-ethyl adjacent to an activating group) is 1. The van der Waals surface area contributed by atoms with Gasteiger partial charge in [-0.3, -0.25) is 14.4 Å². The normalized spacial score (nSPS) is 25.8. The lowest BCUT2D eigenvalue weighted by Gasteiger charge is -2.37. The zero-order chi connectivity index (χ0) is 30.4. The molecule has 230 valence electrons. The van der Waals surface area contributed by atoms with Crippen LogP contribution in [0.3, 0.4) is 0 Å². The zero-order valence-electron chi connectivity index (χ0n) is 25.5. The highest BCUT2D eigenvalue weighted by Crippen LogP contribution is 2.66. The second-order valence-electron chi connectivity index (χ2n) is 11.7. The number of anilines is 2. The van der Waals surface area contributed by atoms with Gasteiger partial charge in [-0.25, -0.2) is 0 Å². The van der Waals surface area contributed by atoms with E-state index in [0.29, 0.717) is 19.6 Å². The topological polar surface area (TPSA) is 84.4 Å². The molecule has 3 fully saturated rings. The number of thioether (sulfide) groups is 1. The van der Waals surface area contributed by atoms with Gasteiger partial charge in [-0.2, -0.15) is 0 Å². The van der Waals surface area contributed by atoms with Crippen LogP contribution in [0.2, 0.25) is 0 Å². The van der Waals surface area contributed by atoms with Crippen LogP contribution < -0.4 is 9.80 Å². The Morgan fingerprint density at radius 2 is 1.67 bits per heavy atom. The average Bonchev–Trinajstić information content (AvgIpc) is 3.63. The summed E-state index contributed by atoms with van der Waals surface area (Å²) in [6.07, 6.45) is 8.22. The molecule has 2 bridgehead atoms. The molecule has 1 aromatic carbocycles. The number of unbranched alkanes of at least 4 members (excludes halogenated alkanes) is 3. The standard InChI is InChI=1S/C33H48N4O4S/c1-6-20-34(5)30(39)27-26-18-19-33(42-26)28(27)31(40)37(22-12-10-11-13-23-38)29(33)32(41)36(21-7-2)25-16-14-24(15-17-25)35(8-3)9-4/h6-7,14-17,26-29,38H,1-2,8-13,18-23H2,3-5H3/t26-,27+,28-,29?,33?/m0/s1. The summed E-state index contributed by atoms with van der Waals surface area (Å²) in [4.78, 5) is 50.2. The van der Waals surface area contributed by atoms with Gasteiger partial charge in [0.2, 0.25) is 11.8 Å². The van der Waals surface area contributed by atoms with E-state index in [9.17, 15) is 19.5 Å². The number of carbonyl (C=O) groups is 3. The number of benzene rings is 1. The number of amides is 3. The summed E-state index contributed by atoms with van der Waals surface area (Å²) < 4.78 is -0.625. The predicted molar refractivity (Wildman–Crippen MR) is 172 cm³/mol. The highest BCUT2D eigenvalue weighted by atomic mass is 32.2. The SMILES string of the molecule is C=CCN(C)C(=O)[C@@H]1[C@@H]2CCC3(S2)C(C(=O)N(CC=C)c2ccc(N(CC)CC)cc2)N(CCCCCCO)C(=O)[C@H]13. The third kappa shape index (κ3) is 5.87. The highest BCUT2D eigenvalue weighted by molar-refractivity contribution is 8.02. The van der Waals surface area contributed by atoms with E-state index in [1.165, 1.54) is 0 Å². The summed E-state index contributed by atoms with van der Waals surface area (Å²) in [5, 5.41) is 9.23. The third-order valence-electron chi connectivity index (χ3n) is 9.27. The van der Waals surface area contributed by atoms with Gasteiger partial charge >= 0.3 is 0 Å². The van der Waals surface area contributed by atoms with Crippen molar-refractivity contribution < 1.29 is 19.5 Å². The third-order valence-corrected chi connectivity index (χ3v) is 11.2. The number of carbonyl (C=O) groups excluding carboxylic acids is 3. The van der Waals surface area contributed by atoms with E-state index < -0.39 is 22.6 Å². The van der Waals surface area contributed by atoms with Crippen molar-refractivity contribution in [1.29, 1.82) is 0 Å². The van der Waals surface area contributed by atoms with Gasteiger partial charge in [-0.1, -0.05) is 25.0 Å². The fourth-order valence-corrected chi connectivity index (χ4v) is 9.48. The molecule has 3 heterocycles. The molecule has 0 aliphatic carbocycles. The minimum absolute atomic E-state index is 0.0294. The van der Waals surface area contributed by atoms with E-state index in [0.717, 1.165) is 63.0 Å². The second kappa shape index (κ2) is 14.1. The summed E-state index contributed by atoms with van der Waals surface area (Å²) in [5.41, 5.74) is 1.88. The molecule has 3 aliphatic heterocycles. The van der Waals surface area contributed by atoms with E-state index in [1.54, 1.807) is 45.7 Å². The molecule has 0 radical (unpaired) electrons. The molecule has 1 aromatic rings. The Labute approximate surface area is 255 Å². The number of nitrogens with zero attached hydrogens (tertiary/aromatic N) is 4. The molecule has 3 aliphatic rings. The highest BCUT2D eigenvalue weighted by Gasteiger charge is 2.73. The molecule has 3 amide bonds. The Balaban J connectivity index is 1.69. The number of aliphatic hydroxyl groups excluding tert-OH is 1. The van der Waals surface area contributed by atoms with Gasteiger partial charge in [0.05, 0.1) is 16.6 Å². The largest absolute Gasteiger partial charge is 0.396 e.